The number of hydrogen-bond donors (Lipinski definition) is 1. The molecule has 0 saturated heterocycles. The predicted octanol–water partition coefficient (Wildman–Crippen LogP) is 2.88. The average Bonchev–Trinajstić information content (AvgIpc) is 3.02. The largest absolute Gasteiger partial charge is 0.490 e. The van der Waals surface area contributed by atoms with Crippen molar-refractivity contribution in [3.63, 3.8) is 0 Å². The Labute approximate surface area is 145 Å². The second kappa shape index (κ2) is 7.49. The molecule has 0 aliphatic carbocycles. The second-order valence-corrected chi connectivity index (χ2v) is 7.02. The summed E-state index contributed by atoms with van der Waals surface area (Å²) in [6.07, 6.45) is 0.395. The van der Waals surface area contributed by atoms with Gasteiger partial charge in [0.05, 0.1) is 18.8 Å². The molecule has 1 aromatic carbocycles. The van der Waals surface area contributed by atoms with Gasteiger partial charge in [0, 0.05) is 22.6 Å². The van der Waals surface area contributed by atoms with Crippen molar-refractivity contribution in [1.29, 1.82) is 0 Å². The lowest BCUT2D eigenvalue weighted by molar-refractivity contribution is -0.125. The highest BCUT2D eigenvalue weighted by molar-refractivity contribution is 7.11. The van der Waals surface area contributed by atoms with E-state index in [1.807, 2.05) is 43.3 Å². The molecule has 0 bridgehead atoms. The SMILES string of the molecule is Cc1ccc(CNC(=O)CCC(=O)N2CCOc3ccccc32)s1. The number of thiophene rings is 1. The van der Waals surface area contributed by atoms with Crippen LogP contribution in [0, 0.1) is 6.92 Å². The fourth-order valence-electron chi connectivity index (χ4n) is 2.64. The molecule has 126 valence electrons. The number of rotatable bonds is 5. The molecule has 0 saturated carbocycles. The van der Waals surface area contributed by atoms with E-state index in [-0.39, 0.29) is 24.7 Å². The molecule has 6 heteroatoms. The number of hydrogen-bond acceptors (Lipinski definition) is 4. The van der Waals surface area contributed by atoms with Crippen molar-refractivity contribution < 1.29 is 14.3 Å². The molecule has 1 aromatic heterocycles. The fourth-order valence-corrected chi connectivity index (χ4v) is 3.47. The molecular weight excluding hydrogens is 324 g/mol. The van der Waals surface area contributed by atoms with Gasteiger partial charge in [-0.3, -0.25) is 9.59 Å². The zero-order valence-corrected chi connectivity index (χ0v) is 14.4. The number of anilines is 1. The Kier molecular flexibility index (Phi) is 5.15. The number of nitrogens with zero attached hydrogens (tertiary/aromatic N) is 1. The van der Waals surface area contributed by atoms with Crippen LogP contribution in [0.5, 0.6) is 5.75 Å². The first kappa shape index (κ1) is 16.5. The molecule has 5 nitrogen and oxygen atoms in total. The van der Waals surface area contributed by atoms with E-state index < -0.39 is 0 Å². The van der Waals surface area contributed by atoms with Crippen LogP contribution in [0.15, 0.2) is 36.4 Å². The van der Waals surface area contributed by atoms with Crippen LogP contribution in [0.4, 0.5) is 5.69 Å². The summed E-state index contributed by atoms with van der Waals surface area (Å²) in [5.41, 5.74) is 0.781. The van der Waals surface area contributed by atoms with Crippen molar-refractivity contribution >= 4 is 28.8 Å². The van der Waals surface area contributed by atoms with E-state index in [0.29, 0.717) is 19.7 Å². The molecule has 2 amide bonds. The van der Waals surface area contributed by atoms with Crippen molar-refractivity contribution in [3.05, 3.63) is 46.2 Å². The van der Waals surface area contributed by atoms with Crippen LogP contribution >= 0.6 is 11.3 Å². The number of amides is 2. The number of fused-ring (bicyclic) bond motifs is 1. The lowest BCUT2D eigenvalue weighted by atomic mass is 10.2. The minimum Gasteiger partial charge on any atom is -0.490 e. The number of nitrogens with one attached hydrogen (secondary N) is 1. The van der Waals surface area contributed by atoms with Gasteiger partial charge < -0.3 is 15.0 Å². The second-order valence-electron chi connectivity index (χ2n) is 5.65. The highest BCUT2D eigenvalue weighted by atomic mass is 32.1. The van der Waals surface area contributed by atoms with Gasteiger partial charge >= 0.3 is 0 Å². The summed E-state index contributed by atoms with van der Waals surface area (Å²) < 4.78 is 5.55. The van der Waals surface area contributed by atoms with E-state index in [0.717, 1.165) is 16.3 Å². The Balaban J connectivity index is 1.50. The van der Waals surface area contributed by atoms with Gasteiger partial charge in [0.15, 0.2) is 0 Å². The Morgan fingerprint density at radius 3 is 2.83 bits per heavy atom. The van der Waals surface area contributed by atoms with Gasteiger partial charge in [-0.25, -0.2) is 0 Å². The molecule has 1 N–H and O–H groups in total. The van der Waals surface area contributed by atoms with Gasteiger partial charge in [-0.1, -0.05) is 12.1 Å². The van der Waals surface area contributed by atoms with E-state index in [9.17, 15) is 9.59 Å². The Hall–Kier alpha value is -2.34. The van der Waals surface area contributed by atoms with Crippen LogP contribution < -0.4 is 15.0 Å². The molecule has 1 aliphatic heterocycles. The molecule has 0 unspecified atom stereocenters. The van der Waals surface area contributed by atoms with Gasteiger partial charge in [0.1, 0.15) is 12.4 Å². The Bertz CT molecular complexity index is 741. The van der Waals surface area contributed by atoms with E-state index in [1.54, 1.807) is 16.2 Å². The zero-order chi connectivity index (χ0) is 16.9. The fraction of sp³-hybridized carbons (Fsp3) is 0.333. The lowest BCUT2D eigenvalue weighted by Crippen LogP contribution is -2.38. The quantitative estimate of drug-likeness (QED) is 0.907. The van der Waals surface area contributed by atoms with Gasteiger partial charge in [-0.2, -0.15) is 0 Å². The van der Waals surface area contributed by atoms with Crippen LogP contribution in [0.2, 0.25) is 0 Å². The van der Waals surface area contributed by atoms with E-state index in [4.69, 9.17) is 4.74 Å². The third-order valence-corrected chi connectivity index (χ3v) is 4.85. The molecule has 24 heavy (non-hydrogen) atoms. The first-order valence-corrected chi connectivity index (χ1v) is 8.79. The van der Waals surface area contributed by atoms with Crippen molar-refractivity contribution in [3.8, 4) is 5.75 Å². The monoisotopic (exact) mass is 344 g/mol. The normalized spacial score (nSPS) is 13.1. The molecule has 3 rings (SSSR count). The minimum absolute atomic E-state index is 0.0483. The minimum atomic E-state index is -0.101. The standard InChI is InChI=1S/C18H20N2O3S/c1-13-6-7-14(24-13)12-19-17(21)8-9-18(22)20-10-11-23-16-5-3-2-4-15(16)20/h2-7H,8-12H2,1H3,(H,19,21). The summed E-state index contributed by atoms with van der Waals surface area (Å²) in [7, 11) is 0. The molecular formula is C18H20N2O3S. The predicted molar refractivity (Wildman–Crippen MR) is 94.4 cm³/mol. The maximum atomic E-state index is 12.4. The molecule has 2 aromatic rings. The van der Waals surface area contributed by atoms with E-state index in [1.165, 1.54) is 4.88 Å². The summed E-state index contributed by atoms with van der Waals surface area (Å²) in [4.78, 5) is 28.4. The first-order chi connectivity index (χ1) is 11.6. The molecule has 0 spiro atoms. The number of benzene rings is 1. The maximum absolute atomic E-state index is 12.4. The molecule has 1 aliphatic rings. The molecule has 0 fully saturated rings. The van der Waals surface area contributed by atoms with Gasteiger partial charge in [-0.05, 0) is 31.2 Å². The summed E-state index contributed by atoms with van der Waals surface area (Å²) in [5.74, 6) is 0.568. The molecule has 0 radical (unpaired) electrons. The van der Waals surface area contributed by atoms with Crippen LogP contribution in [-0.4, -0.2) is 25.0 Å². The summed E-state index contributed by atoms with van der Waals surface area (Å²) in [6, 6.07) is 11.5. The summed E-state index contributed by atoms with van der Waals surface area (Å²) in [5, 5.41) is 2.87. The third-order valence-electron chi connectivity index (χ3n) is 3.85. The van der Waals surface area contributed by atoms with Crippen LogP contribution in [0.1, 0.15) is 22.6 Å². The maximum Gasteiger partial charge on any atom is 0.227 e. The number of para-hydroxylation sites is 2. The highest BCUT2D eigenvalue weighted by Gasteiger charge is 2.23. The van der Waals surface area contributed by atoms with Gasteiger partial charge in [0.25, 0.3) is 0 Å². The Morgan fingerprint density at radius 1 is 1.21 bits per heavy atom. The van der Waals surface area contributed by atoms with E-state index >= 15 is 0 Å². The topological polar surface area (TPSA) is 58.6 Å². The summed E-state index contributed by atoms with van der Waals surface area (Å²) >= 11 is 1.67. The molecule has 0 atom stereocenters. The first-order valence-electron chi connectivity index (χ1n) is 7.97. The number of carbonyl (C=O) groups is 2. The van der Waals surface area contributed by atoms with Gasteiger partial charge in [0.2, 0.25) is 11.8 Å². The number of ether oxygens (including phenoxy) is 1. The van der Waals surface area contributed by atoms with Crippen molar-refractivity contribution in [2.45, 2.75) is 26.3 Å². The van der Waals surface area contributed by atoms with Crippen LogP contribution in [0.3, 0.4) is 0 Å². The number of aryl methyl sites for hydroxylation is 1. The number of carbonyl (C=O) groups excluding carboxylic acids is 2. The van der Waals surface area contributed by atoms with E-state index in [2.05, 4.69) is 5.32 Å². The van der Waals surface area contributed by atoms with Crippen molar-refractivity contribution in [1.82, 2.24) is 5.32 Å². The zero-order valence-electron chi connectivity index (χ0n) is 13.6. The smallest absolute Gasteiger partial charge is 0.227 e. The van der Waals surface area contributed by atoms with Crippen LogP contribution in [0.25, 0.3) is 0 Å². The average molecular weight is 344 g/mol. The van der Waals surface area contributed by atoms with Crippen LogP contribution in [-0.2, 0) is 16.1 Å². The Morgan fingerprint density at radius 2 is 2.04 bits per heavy atom. The lowest BCUT2D eigenvalue weighted by Gasteiger charge is -2.29. The summed E-state index contributed by atoms with van der Waals surface area (Å²) in [6.45, 7) is 3.55. The van der Waals surface area contributed by atoms with Gasteiger partial charge in [-0.15, -0.1) is 11.3 Å². The van der Waals surface area contributed by atoms with Crippen molar-refractivity contribution in [2.24, 2.45) is 0 Å². The van der Waals surface area contributed by atoms with Crippen molar-refractivity contribution in [2.75, 3.05) is 18.1 Å². The third kappa shape index (κ3) is 3.94. The highest BCUT2D eigenvalue weighted by Crippen LogP contribution is 2.31. The molecule has 2 heterocycles.